The largest absolute Gasteiger partial charge is 0.334 e. The highest BCUT2D eigenvalue weighted by Crippen LogP contribution is 2.34. The maximum absolute atomic E-state index is 10.7. The summed E-state index contributed by atoms with van der Waals surface area (Å²) in [5.41, 5.74) is 2.05. The number of carbonyl (C=O) groups excluding carboxylic acids is 1. The van der Waals surface area contributed by atoms with E-state index in [4.69, 9.17) is 5.84 Å². The third-order valence-corrected chi connectivity index (χ3v) is 2.03. The van der Waals surface area contributed by atoms with Crippen molar-refractivity contribution in [3.63, 3.8) is 0 Å². The predicted octanol–water partition coefficient (Wildman–Crippen LogP) is 0.348. The molecule has 1 aliphatic carbocycles. The van der Waals surface area contributed by atoms with Crippen LogP contribution < -0.4 is 16.6 Å². The van der Waals surface area contributed by atoms with Crippen molar-refractivity contribution in [1.82, 2.24) is 10.7 Å². The van der Waals surface area contributed by atoms with Gasteiger partial charge in [-0.25, -0.2) is 10.6 Å². The first-order valence-electron chi connectivity index (χ1n) is 4.05. The third-order valence-electron chi connectivity index (χ3n) is 2.03. The molecule has 2 atom stereocenters. The molecular formula is C7H15N3O. The number of nitrogens with two attached hydrogens (primary N) is 1. The number of hydrazine groups is 1. The minimum atomic E-state index is -0.270. The van der Waals surface area contributed by atoms with Gasteiger partial charge in [-0.15, -0.1) is 0 Å². The molecule has 11 heavy (non-hydrogen) atoms. The molecule has 64 valence electrons. The van der Waals surface area contributed by atoms with Crippen LogP contribution in [0.2, 0.25) is 0 Å². The molecule has 0 aromatic heterocycles. The van der Waals surface area contributed by atoms with Crippen molar-refractivity contribution >= 4 is 6.03 Å². The van der Waals surface area contributed by atoms with Crippen molar-refractivity contribution in [2.45, 2.75) is 32.2 Å². The molecule has 4 N–H and O–H groups in total. The van der Waals surface area contributed by atoms with Crippen LogP contribution in [-0.2, 0) is 0 Å². The monoisotopic (exact) mass is 157 g/mol. The molecule has 2 unspecified atom stereocenters. The maximum atomic E-state index is 10.7. The second kappa shape index (κ2) is 3.57. The van der Waals surface area contributed by atoms with Crippen LogP contribution in [0.15, 0.2) is 0 Å². The Balaban J connectivity index is 2.08. The highest BCUT2D eigenvalue weighted by molar-refractivity contribution is 5.73. The third kappa shape index (κ3) is 2.38. The van der Waals surface area contributed by atoms with Crippen molar-refractivity contribution in [3.05, 3.63) is 0 Å². The fraction of sp³-hybridized carbons (Fsp3) is 0.857. The topological polar surface area (TPSA) is 67.2 Å². The van der Waals surface area contributed by atoms with Crippen LogP contribution in [0.5, 0.6) is 0 Å². The average molecular weight is 157 g/mol. The van der Waals surface area contributed by atoms with Crippen LogP contribution in [0.25, 0.3) is 0 Å². The molecule has 0 spiro atoms. The van der Waals surface area contributed by atoms with Crippen molar-refractivity contribution in [2.75, 3.05) is 0 Å². The zero-order valence-electron chi connectivity index (χ0n) is 6.76. The summed E-state index contributed by atoms with van der Waals surface area (Å²) in [5, 5.41) is 2.76. The standard InChI is InChI=1S/C7H15N3O/c1-2-3-5-4-6(5)9-7(11)10-8/h5-6H,2-4,8H2,1H3,(H2,9,10,11). The van der Waals surface area contributed by atoms with Crippen LogP contribution in [0.4, 0.5) is 4.79 Å². The minimum absolute atomic E-state index is 0.270. The number of hydrogen-bond acceptors (Lipinski definition) is 2. The lowest BCUT2D eigenvalue weighted by molar-refractivity contribution is 0.240. The van der Waals surface area contributed by atoms with Gasteiger partial charge < -0.3 is 5.32 Å². The Morgan fingerprint density at radius 2 is 2.45 bits per heavy atom. The van der Waals surface area contributed by atoms with Crippen LogP contribution in [0.3, 0.4) is 0 Å². The lowest BCUT2D eigenvalue weighted by Crippen LogP contribution is -2.41. The maximum Gasteiger partial charge on any atom is 0.329 e. The van der Waals surface area contributed by atoms with Gasteiger partial charge in [0.25, 0.3) is 0 Å². The molecule has 0 heterocycles. The number of urea groups is 1. The van der Waals surface area contributed by atoms with Crippen LogP contribution >= 0.6 is 0 Å². The molecule has 2 amide bonds. The Morgan fingerprint density at radius 1 is 1.73 bits per heavy atom. The first-order chi connectivity index (χ1) is 5.27. The smallest absolute Gasteiger partial charge is 0.329 e. The van der Waals surface area contributed by atoms with Gasteiger partial charge in [0.15, 0.2) is 0 Å². The fourth-order valence-electron chi connectivity index (χ4n) is 1.32. The summed E-state index contributed by atoms with van der Waals surface area (Å²) < 4.78 is 0. The highest BCUT2D eigenvalue weighted by Gasteiger charge is 2.36. The summed E-state index contributed by atoms with van der Waals surface area (Å²) in [4.78, 5) is 10.7. The molecule has 0 aromatic rings. The quantitative estimate of drug-likeness (QED) is 0.314. The zero-order chi connectivity index (χ0) is 8.27. The van der Waals surface area contributed by atoms with E-state index in [1.807, 2.05) is 5.43 Å². The van der Waals surface area contributed by atoms with E-state index in [2.05, 4.69) is 12.2 Å². The number of carbonyl (C=O) groups is 1. The molecule has 0 radical (unpaired) electrons. The Morgan fingerprint density at radius 3 is 3.00 bits per heavy atom. The van der Waals surface area contributed by atoms with Crippen LogP contribution in [-0.4, -0.2) is 12.1 Å². The van der Waals surface area contributed by atoms with Crippen LogP contribution in [0, 0.1) is 5.92 Å². The molecule has 1 rings (SSSR count). The second-order valence-electron chi connectivity index (χ2n) is 3.01. The number of nitrogens with one attached hydrogen (secondary N) is 2. The summed E-state index contributed by atoms with van der Waals surface area (Å²) in [6.45, 7) is 2.15. The van der Waals surface area contributed by atoms with Crippen molar-refractivity contribution < 1.29 is 4.79 Å². The van der Waals surface area contributed by atoms with E-state index in [1.165, 1.54) is 12.8 Å². The number of rotatable bonds is 3. The number of hydrogen-bond donors (Lipinski definition) is 3. The summed E-state index contributed by atoms with van der Waals surface area (Å²) >= 11 is 0. The van der Waals surface area contributed by atoms with Crippen molar-refractivity contribution in [2.24, 2.45) is 11.8 Å². The first-order valence-corrected chi connectivity index (χ1v) is 4.05. The zero-order valence-corrected chi connectivity index (χ0v) is 6.76. The van der Waals surface area contributed by atoms with E-state index < -0.39 is 0 Å². The van der Waals surface area contributed by atoms with E-state index in [1.54, 1.807) is 0 Å². The van der Waals surface area contributed by atoms with Gasteiger partial charge in [0.2, 0.25) is 0 Å². The van der Waals surface area contributed by atoms with Gasteiger partial charge in [0.05, 0.1) is 0 Å². The molecule has 1 saturated carbocycles. The second-order valence-corrected chi connectivity index (χ2v) is 3.01. The van der Waals surface area contributed by atoms with E-state index >= 15 is 0 Å². The summed E-state index contributed by atoms with van der Waals surface area (Å²) in [5.74, 6) is 5.60. The van der Waals surface area contributed by atoms with Crippen molar-refractivity contribution in [1.29, 1.82) is 0 Å². The average Bonchev–Trinajstić information content (AvgIpc) is 2.69. The van der Waals surface area contributed by atoms with E-state index in [0.717, 1.165) is 6.42 Å². The lowest BCUT2D eigenvalue weighted by atomic mass is 10.2. The molecule has 0 aromatic carbocycles. The van der Waals surface area contributed by atoms with Gasteiger partial charge in [-0.3, -0.25) is 5.43 Å². The summed E-state index contributed by atoms with van der Waals surface area (Å²) in [6, 6.07) is 0.104. The first kappa shape index (κ1) is 8.33. The van der Waals surface area contributed by atoms with Gasteiger partial charge in [-0.1, -0.05) is 13.3 Å². The summed E-state index contributed by atoms with van der Waals surface area (Å²) in [6.07, 6.45) is 3.50. The van der Waals surface area contributed by atoms with Gasteiger partial charge >= 0.3 is 6.03 Å². The predicted molar refractivity (Wildman–Crippen MR) is 42.7 cm³/mol. The van der Waals surface area contributed by atoms with Gasteiger partial charge in [0, 0.05) is 6.04 Å². The van der Waals surface area contributed by atoms with E-state index in [9.17, 15) is 4.79 Å². The molecule has 1 aliphatic rings. The van der Waals surface area contributed by atoms with E-state index in [0.29, 0.717) is 12.0 Å². The van der Waals surface area contributed by atoms with Crippen molar-refractivity contribution in [3.8, 4) is 0 Å². The van der Waals surface area contributed by atoms with Gasteiger partial charge in [-0.05, 0) is 18.8 Å². The summed E-state index contributed by atoms with van der Waals surface area (Å²) in [7, 11) is 0. The number of amides is 2. The molecular weight excluding hydrogens is 142 g/mol. The van der Waals surface area contributed by atoms with Gasteiger partial charge in [0.1, 0.15) is 0 Å². The Labute approximate surface area is 66.5 Å². The Bertz CT molecular complexity index is 149. The molecule has 0 bridgehead atoms. The Kier molecular flexibility index (Phi) is 2.70. The molecule has 4 nitrogen and oxygen atoms in total. The lowest BCUT2D eigenvalue weighted by Gasteiger charge is -2.01. The van der Waals surface area contributed by atoms with Crippen LogP contribution in [0.1, 0.15) is 26.2 Å². The molecule has 1 fully saturated rings. The van der Waals surface area contributed by atoms with Gasteiger partial charge in [-0.2, -0.15) is 0 Å². The molecule has 0 saturated heterocycles. The Hall–Kier alpha value is -0.770. The molecule has 0 aliphatic heterocycles. The normalized spacial score (nSPS) is 27.8. The minimum Gasteiger partial charge on any atom is -0.334 e. The molecule has 4 heteroatoms. The highest BCUT2D eigenvalue weighted by atomic mass is 16.2. The fourth-order valence-corrected chi connectivity index (χ4v) is 1.32. The van der Waals surface area contributed by atoms with E-state index in [-0.39, 0.29) is 6.03 Å². The SMILES string of the molecule is CCCC1CC1NC(=O)NN.